The average Bonchev–Trinajstić information content (AvgIpc) is 2.74. The molecule has 0 radical (unpaired) electrons. The van der Waals surface area contributed by atoms with E-state index in [1.807, 2.05) is 18.2 Å². The van der Waals surface area contributed by atoms with Gasteiger partial charge < -0.3 is 10.3 Å². The first-order valence-corrected chi connectivity index (χ1v) is 4.81. The maximum absolute atomic E-state index is 8.96. The van der Waals surface area contributed by atoms with Crippen LogP contribution in [0.15, 0.2) is 24.7 Å². The number of nitriles is 2. The second-order valence-electron chi connectivity index (χ2n) is 3.34. The van der Waals surface area contributed by atoms with Gasteiger partial charge in [0.1, 0.15) is 18.0 Å². The number of imidazole rings is 1. The second kappa shape index (κ2) is 4.33. The van der Waals surface area contributed by atoms with E-state index in [0.29, 0.717) is 12.4 Å². The molecule has 0 aliphatic carbocycles. The Hall–Kier alpha value is -2.86. The highest BCUT2D eigenvalue weighted by Gasteiger charge is 2.11. The molecule has 2 heterocycles. The number of nitrogens with zero attached hydrogens (tertiary/aromatic N) is 5. The van der Waals surface area contributed by atoms with E-state index in [9.17, 15) is 0 Å². The van der Waals surface area contributed by atoms with Gasteiger partial charge in [0, 0.05) is 11.8 Å². The normalized spacial score (nSPS) is 9.53. The minimum absolute atomic E-state index is 0.120. The van der Waals surface area contributed by atoms with Crippen molar-refractivity contribution in [3.05, 3.63) is 41.6 Å². The minimum atomic E-state index is 0.120. The van der Waals surface area contributed by atoms with Gasteiger partial charge in [-0.25, -0.2) is 9.97 Å². The summed E-state index contributed by atoms with van der Waals surface area (Å²) in [6, 6.07) is 7.40. The standard InChI is InChI=1S/C11H8N6/c12-4-9-10(5-13)17(7-16-9)6-8-2-1-3-15-11(8)14/h1-3,7H,6H2,(H2,14,15). The van der Waals surface area contributed by atoms with Crippen molar-refractivity contribution < 1.29 is 0 Å². The fourth-order valence-corrected chi connectivity index (χ4v) is 1.47. The van der Waals surface area contributed by atoms with Gasteiger partial charge in [0.15, 0.2) is 11.4 Å². The minimum Gasteiger partial charge on any atom is -0.383 e. The summed E-state index contributed by atoms with van der Waals surface area (Å²) in [6.07, 6.45) is 3.04. The lowest BCUT2D eigenvalue weighted by molar-refractivity contribution is 0.784. The van der Waals surface area contributed by atoms with Crippen LogP contribution in [0, 0.1) is 22.7 Å². The molecule has 6 heteroatoms. The van der Waals surface area contributed by atoms with Crippen LogP contribution in [0.5, 0.6) is 0 Å². The van der Waals surface area contributed by atoms with Crippen molar-refractivity contribution in [3.63, 3.8) is 0 Å². The largest absolute Gasteiger partial charge is 0.383 e. The zero-order valence-corrected chi connectivity index (χ0v) is 8.83. The molecule has 0 aliphatic rings. The first-order chi connectivity index (χ1) is 8.26. The van der Waals surface area contributed by atoms with Crippen LogP contribution >= 0.6 is 0 Å². The summed E-state index contributed by atoms with van der Waals surface area (Å²) < 4.78 is 1.58. The molecule has 0 fully saturated rings. The van der Waals surface area contributed by atoms with E-state index in [1.165, 1.54) is 6.33 Å². The molecule has 0 spiro atoms. The van der Waals surface area contributed by atoms with Gasteiger partial charge in [0.05, 0.1) is 12.9 Å². The average molecular weight is 224 g/mol. The van der Waals surface area contributed by atoms with Crippen molar-refractivity contribution in [3.8, 4) is 12.1 Å². The van der Waals surface area contributed by atoms with Gasteiger partial charge in [-0.3, -0.25) is 0 Å². The van der Waals surface area contributed by atoms with Crippen LogP contribution in [0.1, 0.15) is 17.0 Å². The molecule has 0 unspecified atom stereocenters. The molecule has 0 saturated heterocycles. The van der Waals surface area contributed by atoms with Gasteiger partial charge in [-0.05, 0) is 6.07 Å². The summed E-state index contributed by atoms with van der Waals surface area (Å²) in [6.45, 7) is 0.372. The van der Waals surface area contributed by atoms with Crippen LogP contribution in [0.4, 0.5) is 5.82 Å². The van der Waals surface area contributed by atoms with Gasteiger partial charge in [0.25, 0.3) is 0 Å². The highest BCUT2D eigenvalue weighted by Crippen LogP contribution is 2.12. The molecule has 0 saturated carbocycles. The van der Waals surface area contributed by atoms with E-state index in [0.717, 1.165) is 5.56 Å². The van der Waals surface area contributed by atoms with Crippen molar-refractivity contribution in [1.29, 1.82) is 10.5 Å². The van der Waals surface area contributed by atoms with Gasteiger partial charge in [-0.15, -0.1) is 0 Å². The van der Waals surface area contributed by atoms with E-state index in [4.69, 9.17) is 16.3 Å². The molecular formula is C11H8N6. The van der Waals surface area contributed by atoms with Crippen LogP contribution < -0.4 is 5.73 Å². The number of nitrogens with two attached hydrogens (primary N) is 1. The molecule has 0 bridgehead atoms. The third-order valence-electron chi connectivity index (χ3n) is 2.32. The number of pyridine rings is 1. The Bertz CT molecular complexity index is 628. The van der Waals surface area contributed by atoms with E-state index in [-0.39, 0.29) is 11.4 Å². The number of nitrogen functional groups attached to an aromatic ring is 1. The third-order valence-corrected chi connectivity index (χ3v) is 2.32. The summed E-state index contributed by atoms with van der Waals surface area (Å²) in [5.74, 6) is 0.406. The Kier molecular flexibility index (Phi) is 2.71. The Morgan fingerprint density at radius 1 is 1.29 bits per heavy atom. The maximum atomic E-state index is 8.96. The molecule has 0 amide bonds. The zero-order chi connectivity index (χ0) is 12.3. The van der Waals surface area contributed by atoms with E-state index < -0.39 is 0 Å². The topological polar surface area (TPSA) is 104 Å². The molecule has 2 rings (SSSR count). The Morgan fingerprint density at radius 3 is 2.76 bits per heavy atom. The highest BCUT2D eigenvalue weighted by molar-refractivity contribution is 5.41. The molecule has 2 aromatic heterocycles. The molecule has 0 aliphatic heterocycles. The van der Waals surface area contributed by atoms with Crippen molar-refractivity contribution in [2.45, 2.75) is 6.54 Å². The zero-order valence-electron chi connectivity index (χ0n) is 8.83. The van der Waals surface area contributed by atoms with Gasteiger partial charge in [-0.2, -0.15) is 10.5 Å². The molecule has 82 valence electrons. The smallest absolute Gasteiger partial charge is 0.176 e. The predicted octanol–water partition coefficient (Wildman–Crippen LogP) is 0.652. The monoisotopic (exact) mass is 224 g/mol. The third kappa shape index (κ3) is 1.92. The van der Waals surface area contributed by atoms with Crippen LogP contribution in [0.3, 0.4) is 0 Å². The van der Waals surface area contributed by atoms with Gasteiger partial charge in [-0.1, -0.05) is 6.07 Å². The summed E-state index contributed by atoms with van der Waals surface area (Å²) in [5, 5.41) is 17.7. The maximum Gasteiger partial charge on any atom is 0.176 e. The van der Waals surface area contributed by atoms with Crippen molar-refractivity contribution in [2.24, 2.45) is 0 Å². The second-order valence-corrected chi connectivity index (χ2v) is 3.34. The molecule has 6 nitrogen and oxygen atoms in total. The summed E-state index contributed by atoms with van der Waals surface area (Å²) in [4.78, 5) is 7.80. The quantitative estimate of drug-likeness (QED) is 0.806. The SMILES string of the molecule is N#Cc1ncn(Cc2cccnc2N)c1C#N. The van der Waals surface area contributed by atoms with E-state index >= 15 is 0 Å². The lowest BCUT2D eigenvalue weighted by Gasteiger charge is -2.05. The van der Waals surface area contributed by atoms with Crippen molar-refractivity contribution in [2.75, 3.05) is 5.73 Å². The van der Waals surface area contributed by atoms with Crippen molar-refractivity contribution in [1.82, 2.24) is 14.5 Å². The predicted molar refractivity (Wildman–Crippen MR) is 59.4 cm³/mol. The summed E-state index contributed by atoms with van der Waals surface area (Å²) >= 11 is 0. The Labute approximate surface area is 97.6 Å². The Morgan fingerprint density at radius 2 is 2.12 bits per heavy atom. The number of hydrogen-bond donors (Lipinski definition) is 1. The molecule has 0 atom stereocenters. The molecule has 2 aromatic rings. The number of aromatic nitrogens is 3. The van der Waals surface area contributed by atoms with E-state index in [2.05, 4.69) is 9.97 Å². The first kappa shape index (κ1) is 10.7. The molecular weight excluding hydrogens is 216 g/mol. The lowest BCUT2D eigenvalue weighted by Crippen LogP contribution is -2.05. The number of anilines is 1. The van der Waals surface area contributed by atoms with Gasteiger partial charge >= 0.3 is 0 Å². The highest BCUT2D eigenvalue weighted by atomic mass is 15.1. The van der Waals surface area contributed by atoms with Crippen molar-refractivity contribution >= 4 is 5.82 Å². The fraction of sp³-hybridized carbons (Fsp3) is 0.0909. The fourth-order valence-electron chi connectivity index (χ4n) is 1.47. The number of hydrogen-bond acceptors (Lipinski definition) is 5. The first-order valence-electron chi connectivity index (χ1n) is 4.81. The molecule has 2 N–H and O–H groups in total. The summed E-state index contributed by atoms with van der Waals surface area (Å²) in [7, 11) is 0. The van der Waals surface area contributed by atoms with Crippen LogP contribution in [-0.2, 0) is 6.54 Å². The van der Waals surface area contributed by atoms with Gasteiger partial charge in [0.2, 0.25) is 0 Å². The van der Waals surface area contributed by atoms with E-state index in [1.54, 1.807) is 16.8 Å². The van der Waals surface area contributed by atoms with Crippen LogP contribution in [-0.4, -0.2) is 14.5 Å². The molecule has 0 aromatic carbocycles. The molecule has 17 heavy (non-hydrogen) atoms. The lowest BCUT2D eigenvalue weighted by atomic mass is 10.2. The Balaban J connectivity index is 2.39. The number of rotatable bonds is 2. The summed E-state index contributed by atoms with van der Waals surface area (Å²) in [5.41, 5.74) is 6.84. The van der Waals surface area contributed by atoms with Crippen LogP contribution in [0.25, 0.3) is 0 Å². The van der Waals surface area contributed by atoms with Crippen LogP contribution in [0.2, 0.25) is 0 Å².